The Kier molecular flexibility index (Phi) is 4.21. The van der Waals surface area contributed by atoms with Crippen molar-refractivity contribution in [1.29, 1.82) is 0 Å². The Labute approximate surface area is 142 Å². The lowest BCUT2D eigenvalue weighted by Gasteiger charge is -2.06. The first-order chi connectivity index (χ1) is 11.0. The average Bonchev–Trinajstić information content (AvgIpc) is 3.02. The van der Waals surface area contributed by atoms with Gasteiger partial charge in [0.05, 0.1) is 11.4 Å². The van der Waals surface area contributed by atoms with Crippen LogP contribution in [0.5, 0.6) is 0 Å². The van der Waals surface area contributed by atoms with E-state index in [0.717, 1.165) is 15.6 Å². The number of aryl methyl sites for hydroxylation is 1. The first kappa shape index (κ1) is 15.4. The summed E-state index contributed by atoms with van der Waals surface area (Å²) >= 11 is 3.47. The van der Waals surface area contributed by atoms with Gasteiger partial charge in [-0.05, 0) is 48.9 Å². The minimum Gasteiger partial charge on any atom is -0.451 e. The Hall–Kier alpha value is -2.53. The molecule has 0 aliphatic heterocycles. The molecule has 2 aromatic carbocycles. The van der Waals surface area contributed by atoms with Crippen LogP contribution >= 0.6 is 15.9 Å². The lowest BCUT2D eigenvalue weighted by Crippen LogP contribution is -2.12. The molecule has 0 bridgehead atoms. The summed E-state index contributed by atoms with van der Waals surface area (Å²) in [4.78, 5) is 12.3. The number of nitrogens with one attached hydrogen (secondary N) is 1. The summed E-state index contributed by atoms with van der Waals surface area (Å²) < 4.78 is 6.70. The molecular weight excluding hydrogens is 356 g/mol. The Morgan fingerprint density at radius 1 is 1.13 bits per heavy atom. The van der Waals surface area contributed by atoms with Crippen LogP contribution in [0.3, 0.4) is 0 Å². The summed E-state index contributed by atoms with van der Waals surface area (Å²) in [5.41, 5.74) is 8.92. The zero-order valence-corrected chi connectivity index (χ0v) is 14.1. The van der Waals surface area contributed by atoms with Crippen molar-refractivity contribution >= 4 is 33.2 Å². The van der Waals surface area contributed by atoms with Crippen molar-refractivity contribution in [3.8, 4) is 11.3 Å². The molecule has 0 unspecified atom stereocenters. The topological polar surface area (TPSA) is 68.3 Å². The van der Waals surface area contributed by atoms with E-state index in [0.29, 0.717) is 17.1 Å². The highest BCUT2D eigenvalue weighted by Crippen LogP contribution is 2.27. The van der Waals surface area contributed by atoms with Gasteiger partial charge < -0.3 is 15.5 Å². The Bertz CT molecular complexity index is 871. The molecule has 3 rings (SSSR count). The first-order valence-corrected chi connectivity index (χ1v) is 7.86. The summed E-state index contributed by atoms with van der Waals surface area (Å²) in [7, 11) is 0. The second-order valence-corrected chi connectivity index (χ2v) is 6.02. The van der Waals surface area contributed by atoms with Crippen LogP contribution in [0.25, 0.3) is 11.3 Å². The van der Waals surface area contributed by atoms with Crippen molar-refractivity contribution in [3.05, 3.63) is 70.4 Å². The zero-order chi connectivity index (χ0) is 16.4. The van der Waals surface area contributed by atoms with Crippen molar-refractivity contribution < 1.29 is 9.21 Å². The van der Waals surface area contributed by atoms with Gasteiger partial charge in [-0.2, -0.15) is 0 Å². The summed E-state index contributed by atoms with van der Waals surface area (Å²) in [6.45, 7) is 2.00. The molecule has 23 heavy (non-hydrogen) atoms. The summed E-state index contributed by atoms with van der Waals surface area (Å²) in [6.07, 6.45) is 0. The van der Waals surface area contributed by atoms with Gasteiger partial charge in [0, 0.05) is 10.0 Å². The number of nitrogen functional groups attached to an aromatic ring is 1. The van der Waals surface area contributed by atoms with Crippen LogP contribution in [0.15, 0.2) is 63.5 Å². The molecule has 4 nitrogen and oxygen atoms in total. The molecular formula is C18H15BrN2O2. The second-order valence-electron chi connectivity index (χ2n) is 5.17. The molecule has 3 aromatic rings. The monoisotopic (exact) mass is 370 g/mol. The molecule has 116 valence electrons. The highest BCUT2D eigenvalue weighted by molar-refractivity contribution is 9.10. The summed E-state index contributed by atoms with van der Waals surface area (Å²) in [5, 5.41) is 2.75. The van der Waals surface area contributed by atoms with E-state index in [4.69, 9.17) is 10.2 Å². The van der Waals surface area contributed by atoms with Crippen molar-refractivity contribution in [2.24, 2.45) is 0 Å². The van der Waals surface area contributed by atoms with Gasteiger partial charge in [-0.15, -0.1) is 0 Å². The number of hydrogen-bond acceptors (Lipinski definition) is 3. The largest absolute Gasteiger partial charge is 0.451 e. The van der Waals surface area contributed by atoms with Gasteiger partial charge in [-0.3, -0.25) is 4.79 Å². The molecule has 1 heterocycles. The highest BCUT2D eigenvalue weighted by Gasteiger charge is 2.13. The number of amides is 1. The molecule has 0 radical (unpaired) electrons. The molecule has 1 amide bonds. The van der Waals surface area contributed by atoms with Crippen LogP contribution < -0.4 is 11.1 Å². The molecule has 0 spiro atoms. The fraction of sp³-hybridized carbons (Fsp3) is 0.0556. The Morgan fingerprint density at radius 3 is 2.65 bits per heavy atom. The normalized spacial score (nSPS) is 10.5. The van der Waals surface area contributed by atoms with E-state index in [1.807, 2.05) is 37.3 Å². The van der Waals surface area contributed by atoms with E-state index in [1.165, 1.54) is 0 Å². The molecule has 0 aliphatic carbocycles. The van der Waals surface area contributed by atoms with Crippen molar-refractivity contribution in [2.45, 2.75) is 6.92 Å². The maximum atomic E-state index is 12.3. The van der Waals surface area contributed by atoms with Crippen molar-refractivity contribution in [2.75, 3.05) is 11.1 Å². The number of nitrogens with two attached hydrogens (primary N) is 1. The lowest BCUT2D eigenvalue weighted by molar-refractivity contribution is 0.0997. The quantitative estimate of drug-likeness (QED) is 0.647. The predicted molar refractivity (Wildman–Crippen MR) is 95.4 cm³/mol. The summed E-state index contributed by atoms with van der Waals surface area (Å²) in [5.74, 6) is 0.554. The molecule has 0 aliphatic rings. The standard InChI is InChI=1S/C18H15BrN2O2/c1-11-10-12(6-7-13(11)19)16-8-9-17(23-16)18(22)21-15-5-3-2-4-14(15)20/h2-10H,20H2,1H3,(H,21,22). The average molecular weight is 371 g/mol. The Morgan fingerprint density at radius 2 is 1.91 bits per heavy atom. The number of halogens is 1. The maximum Gasteiger partial charge on any atom is 0.291 e. The number of benzene rings is 2. The SMILES string of the molecule is Cc1cc(-c2ccc(C(=O)Nc3ccccc3N)o2)ccc1Br. The molecule has 0 atom stereocenters. The van der Waals surface area contributed by atoms with E-state index in [9.17, 15) is 4.79 Å². The van der Waals surface area contributed by atoms with E-state index < -0.39 is 0 Å². The van der Waals surface area contributed by atoms with Crippen molar-refractivity contribution in [3.63, 3.8) is 0 Å². The van der Waals surface area contributed by atoms with Gasteiger partial charge in [-0.25, -0.2) is 0 Å². The smallest absolute Gasteiger partial charge is 0.291 e. The zero-order valence-electron chi connectivity index (χ0n) is 12.5. The fourth-order valence-corrected chi connectivity index (χ4v) is 2.45. The number of anilines is 2. The third kappa shape index (κ3) is 3.29. The highest BCUT2D eigenvalue weighted by atomic mass is 79.9. The van der Waals surface area contributed by atoms with Gasteiger partial charge in [0.25, 0.3) is 5.91 Å². The van der Waals surface area contributed by atoms with Crippen LogP contribution in [0.4, 0.5) is 11.4 Å². The molecule has 0 saturated carbocycles. The van der Waals surface area contributed by atoms with E-state index in [1.54, 1.807) is 24.3 Å². The van der Waals surface area contributed by atoms with Gasteiger partial charge in [0.2, 0.25) is 0 Å². The van der Waals surface area contributed by atoms with Crippen LogP contribution in [0, 0.1) is 6.92 Å². The van der Waals surface area contributed by atoms with Gasteiger partial charge in [-0.1, -0.05) is 34.1 Å². The van der Waals surface area contributed by atoms with Crippen LogP contribution in [-0.4, -0.2) is 5.91 Å². The van der Waals surface area contributed by atoms with Crippen LogP contribution in [-0.2, 0) is 0 Å². The predicted octanol–water partition coefficient (Wildman–Crippen LogP) is 4.85. The second kappa shape index (κ2) is 6.30. The Balaban J connectivity index is 1.82. The van der Waals surface area contributed by atoms with Gasteiger partial charge in [0.1, 0.15) is 5.76 Å². The molecule has 0 saturated heterocycles. The molecule has 5 heteroatoms. The summed E-state index contributed by atoms with van der Waals surface area (Å²) in [6, 6.07) is 16.4. The van der Waals surface area contributed by atoms with Gasteiger partial charge >= 0.3 is 0 Å². The third-order valence-electron chi connectivity index (χ3n) is 3.48. The van der Waals surface area contributed by atoms with E-state index >= 15 is 0 Å². The fourth-order valence-electron chi connectivity index (χ4n) is 2.21. The number of para-hydroxylation sites is 2. The lowest BCUT2D eigenvalue weighted by atomic mass is 10.1. The van der Waals surface area contributed by atoms with E-state index in [-0.39, 0.29) is 11.7 Å². The maximum absolute atomic E-state index is 12.3. The molecule has 0 fully saturated rings. The molecule has 3 N–H and O–H groups in total. The minimum atomic E-state index is -0.331. The third-order valence-corrected chi connectivity index (χ3v) is 4.37. The van der Waals surface area contributed by atoms with Crippen molar-refractivity contribution in [1.82, 2.24) is 0 Å². The van der Waals surface area contributed by atoms with Gasteiger partial charge in [0.15, 0.2) is 5.76 Å². The number of carbonyl (C=O) groups excluding carboxylic acids is 1. The number of furan rings is 1. The van der Waals surface area contributed by atoms with Crippen LogP contribution in [0.2, 0.25) is 0 Å². The number of hydrogen-bond donors (Lipinski definition) is 2. The van der Waals surface area contributed by atoms with Crippen LogP contribution in [0.1, 0.15) is 16.1 Å². The van der Waals surface area contributed by atoms with E-state index in [2.05, 4.69) is 21.2 Å². The number of carbonyl (C=O) groups is 1. The first-order valence-electron chi connectivity index (χ1n) is 7.07. The number of rotatable bonds is 3. The molecule has 1 aromatic heterocycles. The minimum absolute atomic E-state index is 0.240.